The van der Waals surface area contributed by atoms with Gasteiger partial charge in [-0.25, -0.2) is 0 Å². The molecule has 4 rings (SSSR count). The Morgan fingerprint density at radius 2 is 2.20 bits per heavy atom. The van der Waals surface area contributed by atoms with Crippen LogP contribution in [0.5, 0.6) is 0 Å². The average molecular weight is 383 g/mol. The first-order valence-electron chi connectivity index (χ1n) is 8.60. The van der Waals surface area contributed by atoms with Gasteiger partial charge in [0.1, 0.15) is 6.04 Å². The van der Waals surface area contributed by atoms with E-state index in [4.69, 9.17) is 10.3 Å². The van der Waals surface area contributed by atoms with Crippen molar-refractivity contribution in [2.24, 2.45) is 5.73 Å². The van der Waals surface area contributed by atoms with E-state index in [2.05, 4.69) is 10.1 Å². The Balaban J connectivity index is 0.00000182. The topological polar surface area (TPSA) is 85.2 Å². The number of halogens is 1. The summed E-state index contributed by atoms with van der Waals surface area (Å²) in [6.07, 6.45) is 6.29. The van der Waals surface area contributed by atoms with Crippen molar-refractivity contribution < 1.29 is 9.32 Å². The molecule has 2 aliphatic rings. The molecule has 0 radical (unpaired) electrons. The van der Waals surface area contributed by atoms with E-state index in [9.17, 15) is 4.79 Å². The van der Waals surface area contributed by atoms with Gasteiger partial charge in [-0.3, -0.25) is 4.79 Å². The lowest BCUT2D eigenvalue weighted by Crippen LogP contribution is -2.35. The van der Waals surface area contributed by atoms with Gasteiger partial charge >= 0.3 is 0 Å². The summed E-state index contributed by atoms with van der Waals surface area (Å²) in [7, 11) is 0. The molecular formula is C17H23ClN4O2S. The van der Waals surface area contributed by atoms with E-state index in [1.807, 2.05) is 22.4 Å². The van der Waals surface area contributed by atoms with Crippen molar-refractivity contribution in [1.82, 2.24) is 15.0 Å². The fourth-order valence-corrected chi connectivity index (χ4v) is 4.48. The van der Waals surface area contributed by atoms with Gasteiger partial charge in [-0.15, -0.1) is 23.7 Å². The Hall–Kier alpha value is -1.44. The van der Waals surface area contributed by atoms with E-state index < -0.39 is 5.54 Å². The van der Waals surface area contributed by atoms with Gasteiger partial charge in [0.2, 0.25) is 11.8 Å². The van der Waals surface area contributed by atoms with E-state index in [0.29, 0.717) is 18.1 Å². The highest BCUT2D eigenvalue weighted by atomic mass is 35.5. The Kier molecular flexibility index (Phi) is 5.46. The molecule has 25 heavy (non-hydrogen) atoms. The van der Waals surface area contributed by atoms with Crippen LogP contribution in [0.4, 0.5) is 0 Å². The zero-order chi connectivity index (χ0) is 16.6. The minimum atomic E-state index is -0.452. The predicted octanol–water partition coefficient (Wildman–Crippen LogP) is 3.19. The highest BCUT2D eigenvalue weighted by Gasteiger charge is 2.39. The van der Waals surface area contributed by atoms with Gasteiger partial charge in [0, 0.05) is 11.4 Å². The van der Waals surface area contributed by atoms with Crippen LogP contribution in [0, 0.1) is 0 Å². The largest absolute Gasteiger partial charge is 0.337 e. The Bertz CT molecular complexity index is 712. The van der Waals surface area contributed by atoms with Crippen LogP contribution in [0.3, 0.4) is 0 Å². The molecule has 0 aromatic carbocycles. The summed E-state index contributed by atoms with van der Waals surface area (Å²) in [5, 5.41) is 6.13. The highest BCUT2D eigenvalue weighted by molar-refractivity contribution is 7.10. The molecule has 1 atom stereocenters. The molecule has 2 aromatic rings. The summed E-state index contributed by atoms with van der Waals surface area (Å²) in [4.78, 5) is 20.2. The smallest absolute Gasteiger partial charge is 0.249 e. The van der Waals surface area contributed by atoms with Crippen LogP contribution >= 0.6 is 23.7 Å². The van der Waals surface area contributed by atoms with E-state index >= 15 is 0 Å². The standard InChI is InChI=1S/C17H22N4O2S.ClH/c18-17(7-1-2-8-17)16-19-15(23-20-16)13-6-3-9-21(13)14(22)11-12-5-4-10-24-12;/h4-5,10,13H,1-3,6-9,11,18H2;1H. The number of rotatable bonds is 4. The lowest BCUT2D eigenvalue weighted by atomic mass is 9.98. The number of aromatic nitrogens is 2. The summed E-state index contributed by atoms with van der Waals surface area (Å²) < 4.78 is 5.51. The number of amides is 1. The van der Waals surface area contributed by atoms with Crippen LogP contribution in [0.1, 0.15) is 61.2 Å². The second-order valence-electron chi connectivity index (χ2n) is 6.82. The average Bonchev–Trinajstić information content (AvgIpc) is 3.34. The normalized spacial score (nSPS) is 22.1. The molecule has 3 heterocycles. The molecule has 1 saturated carbocycles. The maximum atomic E-state index is 12.6. The molecule has 0 spiro atoms. The number of likely N-dealkylation sites (tertiary alicyclic amines) is 1. The minimum Gasteiger partial charge on any atom is -0.337 e. The number of nitrogens with zero attached hydrogens (tertiary/aromatic N) is 3. The quantitative estimate of drug-likeness (QED) is 0.877. The molecule has 2 aromatic heterocycles. The lowest BCUT2D eigenvalue weighted by molar-refractivity contribution is -0.131. The van der Waals surface area contributed by atoms with E-state index in [1.54, 1.807) is 11.3 Å². The van der Waals surface area contributed by atoms with Crippen LogP contribution < -0.4 is 5.73 Å². The van der Waals surface area contributed by atoms with Crippen molar-refractivity contribution in [3.05, 3.63) is 34.1 Å². The maximum absolute atomic E-state index is 12.6. The minimum absolute atomic E-state index is 0. The van der Waals surface area contributed by atoms with Gasteiger partial charge in [0.05, 0.1) is 12.0 Å². The molecule has 1 saturated heterocycles. The third kappa shape index (κ3) is 3.59. The van der Waals surface area contributed by atoms with Crippen molar-refractivity contribution >= 4 is 29.7 Å². The summed E-state index contributed by atoms with van der Waals surface area (Å²) in [5.41, 5.74) is 5.96. The van der Waals surface area contributed by atoms with Crippen LogP contribution in [0.25, 0.3) is 0 Å². The molecule has 6 nitrogen and oxygen atoms in total. The molecule has 0 bridgehead atoms. The monoisotopic (exact) mass is 382 g/mol. The summed E-state index contributed by atoms with van der Waals surface area (Å²) >= 11 is 1.61. The third-order valence-corrected chi connectivity index (χ3v) is 6.02. The first-order chi connectivity index (χ1) is 11.7. The van der Waals surface area contributed by atoms with Gasteiger partial charge in [0.15, 0.2) is 5.82 Å². The summed E-state index contributed by atoms with van der Waals surface area (Å²) in [5.74, 6) is 1.27. The zero-order valence-electron chi connectivity index (χ0n) is 14.0. The van der Waals surface area contributed by atoms with Crippen molar-refractivity contribution in [2.75, 3.05) is 6.54 Å². The first kappa shape index (κ1) is 18.4. The van der Waals surface area contributed by atoms with Gasteiger partial charge in [-0.1, -0.05) is 24.1 Å². The Labute approximate surface area is 157 Å². The molecule has 8 heteroatoms. The van der Waals surface area contributed by atoms with E-state index in [1.165, 1.54) is 0 Å². The molecule has 136 valence electrons. The first-order valence-corrected chi connectivity index (χ1v) is 9.48. The van der Waals surface area contributed by atoms with Crippen molar-refractivity contribution in [3.63, 3.8) is 0 Å². The SMILES string of the molecule is Cl.NC1(c2noc(C3CCCN3C(=O)Cc3cccs3)n2)CCCC1. The van der Waals surface area contributed by atoms with Crippen molar-refractivity contribution in [3.8, 4) is 0 Å². The number of hydrogen-bond acceptors (Lipinski definition) is 6. The highest BCUT2D eigenvalue weighted by Crippen LogP contribution is 2.37. The number of nitrogens with two attached hydrogens (primary N) is 1. The van der Waals surface area contributed by atoms with Gasteiger partial charge in [-0.2, -0.15) is 4.98 Å². The summed E-state index contributed by atoms with van der Waals surface area (Å²) in [6.45, 7) is 0.750. The maximum Gasteiger partial charge on any atom is 0.249 e. The van der Waals surface area contributed by atoms with Crippen LogP contribution in [-0.4, -0.2) is 27.5 Å². The Morgan fingerprint density at radius 3 is 2.92 bits per heavy atom. The molecule has 1 unspecified atom stereocenters. The van der Waals surface area contributed by atoms with Crippen molar-refractivity contribution in [1.29, 1.82) is 0 Å². The third-order valence-electron chi connectivity index (χ3n) is 5.15. The molecule has 2 N–H and O–H groups in total. The Morgan fingerprint density at radius 1 is 1.40 bits per heavy atom. The molecular weight excluding hydrogens is 360 g/mol. The number of hydrogen-bond donors (Lipinski definition) is 1. The number of carbonyl (C=O) groups is 1. The van der Waals surface area contributed by atoms with Gasteiger partial charge in [0.25, 0.3) is 0 Å². The van der Waals surface area contributed by atoms with Gasteiger partial charge < -0.3 is 15.2 Å². The molecule has 2 fully saturated rings. The second-order valence-corrected chi connectivity index (χ2v) is 7.85. The van der Waals surface area contributed by atoms with Crippen LogP contribution in [0.15, 0.2) is 22.0 Å². The molecule has 1 aliphatic carbocycles. The molecule has 1 aliphatic heterocycles. The number of thiophene rings is 1. The van der Waals surface area contributed by atoms with E-state index in [-0.39, 0.29) is 24.4 Å². The van der Waals surface area contributed by atoms with Crippen molar-refractivity contribution in [2.45, 2.75) is 56.5 Å². The fraction of sp³-hybridized carbons (Fsp3) is 0.588. The summed E-state index contributed by atoms with van der Waals surface area (Å²) in [6, 6.07) is 3.86. The number of carbonyl (C=O) groups excluding carboxylic acids is 1. The lowest BCUT2D eigenvalue weighted by Gasteiger charge is -2.22. The second kappa shape index (κ2) is 7.43. The fourth-order valence-electron chi connectivity index (χ4n) is 3.79. The predicted molar refractivity (Wildman–Crippen MR) is 97.6 cm³/mol. The van der Waals surface area contributed by atoms with Crippen LogP contribution in [-0.2, 0) is 16.8 Å². The van der Waals surface area contributed by atoms with Crippen LogP contribution in [0.2, 0.25) is 0 Å². The van der Waals surface area contributed by atoms with E-state index in [0.717, 1.165) is 49.9 Å². The zero-order valence-corrected chi connectivity index (χ0v) is 15.7. The van der Waals surface area contributed by atoms with Gasteiger partial charge in [-0.05, 0) is 37.1 Å². The molecule has 1 amide bonds.